The number of methoxy groups -OCH3 is 1. The summed E-state index contributed by atoms with van der Waals surface area (Å²) < 4.78 is 11.0. The van der Waals surface area contributed by atoms with Crippen molar-refractivity contribution in [2.75, 3.05) is 20.7 Å². The number of carbonyl (C=O) groups is 1. The molecule has 1 aromatic carbocycles. The number of rotatable bonds is 8. The molecule has 1 unspecified atom stereocenters. The largest absolute Gasteiger partial charge is 0.493 e. The zero-order valence-electron chi connectivity index (χ0n) is 12.7. The average Bonchev–Trinajstić information content (AvgIpc) is 2.46. The minimum atomic E-state index is -0.550. The van der Waals surface area contributed by atoms with Crippen LogP contribution in [0, 0.1) is 0 Å². The summed E-state index contributed by atoms with van der Waals surface area (Å²) >= 11 is 0. The van der Waals surface area contributed by atoms with Crippen molar-refractivity contribution in [1.29, 1.82) is 0 Å². The molecule has 2 N–H and O–H groups in total. The standard InChI is InChI=1S/C15H24N2O3/c1-5-8-17-15(18)11(2)20-13-7-6-12(10-16-3)9-14(13)19-4/h6-7,9,11,16H,5,8,10H2,1-4H3,(H,17,18). The van der Waals surface area contributed by atoms with Crippen LogP contribution >= 0.6 is 0 Å². The smallest absolute Gasteiger partial charge is 0.260 e. The highest BCUT2D eigenvalue weighted by Gasteiger charge is 2.16. The Morgan fingerprint density at radius 3 is 2.70 bits per heavy atom. The van der Waals surface area contributed by atoms with Crippen molar-refractivity contribution in [1.82, 2.24) is 10.6 Å². The van der Waals surface area contributed by atoms with E-state index in [1.165, 1.54) is 0 Å². The van der Waals surface area contributed by atoms with Gasteiger partial charge in [0, 0.05) is 13.1 Å². The van der Waals surface area contributed by atoms with Gasteiger partial charge in [-0.1, -0.05) is 13.0 Å². The van der Waals surface area contributed by atoms with Gasteiger partial charge < -0.3 is 20.1 Å². The Balaban J connectivity index is 2.73. The molecule has 0 bridgehead atoms. The number of hydrogen-bond acceptors (Lipinski definition) is 4. The van der Waals surface area contributed by atoms with E-state index in [0.717, 1.165) is 18.5 Å². The number of benzene rings is 1. The van der Waals surface area contributed by atoms with Gasteiger partial charge in [0.2, 0.25) is 0 Å². The molecule has 112 valence electrons. The first-order valence-corrected chi connectivity index (χ1v) is 6.88. The van der Waals surface area contributed by atoms with E-state index in [9.17, 15) is 4.79 Å². The van der Waals surface area contributed by atoms with Gasteiger partial charge in [-0.15, -0.1) is 0 Å². The maximum atomic E-state index is 11.8. The number of hydrogen-bond donors (Lipinski definition) is 2. The number of amides is 1. The predicted molar refractivity (Wildman–Crippen MR) is 79.1 cm³/mol. The summed E-state index contributed by atoms with van der Waals surface area (Å²) in [6.07, 6.45) is 0.353. The summed E-state index contributed by atoms with van der Waals surface area (Å²) in [5, 5.41) is 5.88. The van der Waals surface area contributed by atoms with Crippen LogP contribution in [0.1, 0.15) is 25.8 Å². The Kier molecular flexibility index (Phi) is 6.87. The van der Waals surface area contributed by atoms with Gasteiger partial charge in [-0.2, -0.15) is 0 Å². The van der Waals surface area contributed by atoms with Crippen LogP contribution in [-0.2, 0) is 11.3 Å². The highest BCUT2D eigenvalue weighted by atomic mass is 16.5. The number of carbonyl (C=O) groups excluding carboxylic acids is 1. The number of nitrogens with one attached hydrogen (secondary N) is 2. The highest BCUT2D eigenvalue weighted by molar-refractivity contribution is 5.80. The first-order chi connectivity index (χ1) is 9.62. The maximum Gasteiger partial charge on any atom is 0.260 e. The van der Waals surface area contributed by atoms with Crippen molar-refractivity contribution in [2.24, 2.45) is 0 Å². The van der Waals surface area contributed by atoms with E-state index in [1.807, 2.05) is 32.2 Å². The van der Waals surface area contributed by atoms with Gasteiger partial charge in [0.05, 0.1) is 7.11 Å². The molecule has 0 fully saturated rings. The van der Waals surface area contributed by atoms with Crippen LogP contribution in [0.5, 0.6) is 11.5 Å². The van der Waals surface area contributed by atoms with Crippen LogP contribution in [0.4, 0.5) is 0 Å². The van der Waals surface area contributed by atoms with Crippen LogP contribution in [0.3, 0.4) is 0 Å². The van der Waals surface area contributed by atoms with Crippen LogP contribution < -0.4 is 20.1 Å². The van der Waals surface area contributed by atoms with Gasteiger partial charge in [0.15, 0.2) is 17.6 Å². The third-order valence-corrected chi connectivity index (χ3v) is 2.83. The minimum absolute atomic E-state index is 0.117. The lowest BCUT2D eigenvalue weighted by atomic mass is 10.2. The van der Waals surface area contributed by atoms with Crippen molar-refractivity contribution in [3.8, 4) is 11.5 Å². The maximum absolute atomic E-state index is 11.8. The zero-order chi connectivity index (χ0) is 15.0. The van der Waals surface area contributed by atoms with Crippen molar-refractivity contribution < 1.29 is 14.3 Å². The lowest BCUT2D eigenvalue weighted by molar-refractivity contribution is -0.127. The molecule has 1 amide bonds. The predicted octanol–water partition coefficient (Wildman–Crippen LogP) is 1.71. The fourth-order valence-corrected chi connectivity index (χ4v) is 1.76. The molecule has 5 nitrogen and oxygen atoms in total. The van der Waals surface area contributed by atoms with Gasteiger partial charge >= 0.3 is 0 Å². The summed E-state index contributed by atoms with van der Waals surface area (Å²) in [5.41, 5.74) is 1.10. The second-order valence-corrected chi connectivity index (χ2v) is 4.57. The molecule has 0 aliphatic heterocycles. The van der Waals surface area contributed by atoms with E-state index < -0.39 is 6.10 Å². The van der Waals surface area contributed by atoms with E-state index in [1.54, 1.807) is 14.0 Å². The van der Waals surface area contributed by atoms with E-state index in [2.05, 4.69) is 10.6 Å². The minimum Gasteiger partial charge on any atom is -0.493 e. The Labute approximate surface area is 120 Å². The SMILES string of the molecule is CCCNC(=O)C(C)Oc1ccc(CNC)cc1OC. The Morgan fingerprint density at radius 1 is 1.35 bits per heavy atom. The van der Waals surface area contributed by atoms with Gasteiger partial charge in [0.1, 0.15) is 0 Å². The van der Waals surface area contributed by atoms with Crippen LogP contribution in [0.15, 0.2) is 18.2 Å². The molecule has 1 aromatic rings. The van der Waals surface area contributed by atoms with Crippen LogP contribution in [0.25, 0.3) is 0 Å². The quantitative estimate of drug-likeness (QED) is 0.761. The first kappa shape index (κ1) is 16.3. The molecule has 0 aliphatic carbocycles. The van der Waals surface area contributed by atoms with E-state index in [0.29, 0.717) is 18.0 Å². The molecule has 0 heterocycles. The van der Waals surface area contributed by atoms with Crippen molar-refractivity contribution in [3.05, 3.63) is 23.8 Å². The topological polar surface area (TPSA) is 59.6 Å². The molecule has 1 atom stereocenters. The molecule has 0 radical (unpaired) electrons. The molecular formula is C15H24N2O3. The molecule has 0 aromatic heterocycles. The monoisotopic (exact) mass is 280 g/mol. The van der Waals surface area contributed by atoms with E-state index >= 15 is 0 Å². The van der Waals surface area contributed by atoms with Gasteiger partial charge in [-0.05, 0) is 38.1 Å². The molecular weight excluding hydrogens is 256 g/mol. The van der Waals surface area contributed by atoms with Crippen molar-refractivity contribution in [3.63, 3.8) is 0 Å². The molecule has 1 rings (SSSR count). The van der Waals surface area contributed by atoms with Gasteiger partial charge in [0.25, 0.3) is 5.91 Å². The van der Waals surface area contributed by atoms with Crippen LogP contribution in [0.2, 0.25) is 0 Å². The normalized spacial score (nSPS) is 11.8. The molecule has 0 saturated heterocycles. The molecule has 20 heavy (non-hydrogen) atoms. The number of ether oxygens (including phenoxy) is 2. The third kappa shape index (κ3) is 4.74. The first-order valence-electron chi connectivity index (χ1n) is 6.88. The summed E-state index contributed by atoms with van der Waals surface area (Å²) in [5.74, 6) is 1.09. The average molecular weight is 280 g/mol. The summed E-state index contributed by atoms with van der Waals surface area (Å²) in [4.78, 5) is 11.8. The summed E-state index contributed by atoms with van der Waals surface area (Å²) in [6.45, 7) is 5.15. The summed E-state index contributed by atoms with van der Waals surface area (Å²) in [6, 6.07) is 5.68. The second-order valence-electron chi connectivity index (χ2n) is 4.57. The van der Waals surface area contributed by atoms with Crippen LogP contribution in [-0.4, -0.2) is 32.7 Å². The molecule has 0 aliphatic rings. The Hall–Kier alpha value is -1.75. The zero-order valence-corrected chi connectivity index (χ0v) is 12.7. The van der Waals surface area contributed by atoms with Crippen molar-refractivity contribution >= 4 is 5.91 Å². The van der Waals surface area contributed by atoms with Gasteiger partial charge in [-0.3, -0.25) is 4.79 Å². The fraction of sp³-hybridized carbons (Fsp3) is 0.533. The van der Waals surface area contributed by atoms with Crippen molar-refractivity contribution in [2.45, 2.75) is 32.9 Å². The Bertz CT molecular complexity index is 435. The van der Waals surface area contributed by atoms with E-state index in [4.69, 9.17) is 9.47 Å². The van der Waals surface area contributed by atoms with E-state index in [-0.39, 0.29) is 5.91 Å². The third-order valence-electron chi connectivity index (χ3n) is 2.83. The molecule has 0 spiro atoms. The van der Waals surface area contributed by atoms with Gasteiger partial charge in [-0.25, -0.2) is 0 Å². The highest BCUT2D eigenvalue weighted by Crippen LogP contribution is 2.28. The second kappa shape index (κ2) is 8.43. The molecule has 0 saturated carbocycles. The fourth-order valence-electron chi connectivity index (χ4n) is 1.76. The molecule has 5 heteroatoms. The lowest BCUT2D eigenvalue weighted by Crippen LogP contribution is -2.36. The lowest BCUT2D eigenvalue weighted by Gasteiger charge is -2.17. The Morgan fingerprint density at radius 2 is 2.10 bits per heavy atom. The summed E-state index contributed by atoms with van der Waals surface area (Å²) in [7, 11) is 3.48.